The summed E-state index contributed by atoms with van der Waals surface area (Å²) in [7, 11) is 1.72. The average Bonchev–Trinajstić information content (AvgIpc) is 2.68. The zero-order valence-electron chi connectivity index (χ0n) is 11.2. The zero-order chi connectivity index (χ0) is 13.0. The Morgan fingerprint density at radius 1 is 1.06 bits per heavy atom. The van der Waals surface area contributed by atoms with Gasteiger partial charge in [0.1, 0.15) is 0 Å². The molecule has 2 rings (SSSR count). The number of hydrogen-bond acceptors (Lipinski definition) is 2. The summed E-state index contributed by atoms with van der Waals surface area (Å²) in [6.07, 6.45) is 0. The van der Waals surface area contributed by atoms with E-state index in [4.69, 9.17) is 4.74 Å². The molecule has 0 aliphatic heterocycles. The van der Waals surface area contributed by atoms with Gasteiger partial charge < -0.3 is 10.2 Å². The number of nitrogens with zero attached hydrogens (tertiary/aromatic N) is 1. The Balaban J connectivity index is 2.04. The van der Waals surface area contributed by atoms with E-state index in [1.165, 1.54) is 22.5 Å². The minimum atomic E-state index is 0.662. The van der Waals surface area contributed by atoms with Crippen LogP contribution in [-0.4, -0.2) is 11.8 Å². The summed E-state index contributed by atoms with van der Waals surface area (Å²) in [5.41, 5.74) is 8.34. The highest BCUT2D eigenvalue weighted by Crippen LogP contribution is 2.09. The first kappa shape index (κ1) is 12.7. The maximum atomic E-state index is 5.15. The number of aryl methyl sites for hydroxylation is 2. The third kappa shape index (κ3) is 2.93. The molecule has 0 bridgehead atoms. The van der Waals surface area contributed by atoms with Crippen LogP contribution in [0, 0.1) is 13.8 Å². The van der Waals surface area contributed by atoms with E-state index in [1.54, 1.807) is 7.11 Å². The topological polar surface area (TPSA) is 26.2 Å². The van der Waals surface area contributed by atoms with Gasteiger partial charge in [-0.25, -0.2) is 0 Å². The monoisotopic (exact) mass is 244 g/mol. The molecule has 1 aromatic heterocycles. The SMILES string of the molecule is COCc1cccc(CNn2c(C)ccc2C)c1. The predicted octanol–water partition coefficient (Wildman–Crippen LogP) is 3.00. The highest BCUT2D eigenvalue weighted by Gasteiger charge is 2.00. The number of rotatable bonds is 5. The van der Waals surface area contributed by atoms with Crippen molar-refractivity contribution in [3.05, 3.63) is 58.9 Å². The highest BCUT2D eigenvalue weighted by molar-refractivity contribution is 5.24. The van der Waals surface area contributed by atoms with Crippen molar-refractivity contribution in [2.24, 2.45) is 0 Å². The third-order valence-corrected chi connectivity index (χ3v) is 3.01. The van der Waals surface area contributed by atoms with Crippen LogP contribution >= 0.6 is 0 Å². The minimum absolute atomic E-state index is 0.662. The van der Waals surface area contributed by atoms with Crippen LogP contribution < -0.4 is 5.43 Å². The Labute approximate surface area is 108 Å². The quantitative estimate of drug-likeness (QED) is 0.875. The molecule has 1 aromatic carbocycles. The van der Waals surface area contributed by atoms with Crippen LogP contribution in [0.2, 0.25) is 0 Å². The Morgan fingerprint density at radius 2 is 1.72 bits per heavy atom. The van der Waals surface area contributed by atoms with Crippen LogP contribution in [0.1, 0.15) is 22.5 Å². The molecule has 1 heterocycles. The van der Waals surface area contributed by atoms with Crippen molar-refractivity contribution in [3.63, 3.8) is 0 Å². The van der Waals surface area contributed by atoms with Gasteiger partial charge in [-0.15, -0.1) is 0 Å². The van der Waals surface area contributed by atoms with E-state index in [-0.39, 0.29) is 0 Å². The molecule has 1 N–H and O–H groups in total. The van der Waals surface area contributed by atoms with Crippen LogP contribution in [0.15, 0.2) is 36.4 Å². The Bertz CT molecular complexity index is 497. The average molecular weight is 244 g/mol. The van der Waals surface area contributed by atoms with Gasteiger partial charge in [-0.2, -0.15) is 0 Å². The number of nitrogens with one attached hydrogen (secondary N) is 1. The van der Waals surface area contributed by atoms with Crippen molar-refractivity contribution in [2.45, 2.75) is 27.0 Å². The molecule has 18 heavy (non-hydrogen) atoms. The maximum Gasteiger partial charge on any atom is 0.0713 e. The highest BCUT2D eigenvalue weighted by atomic mass is 16.5. The van der Waals surface area contributed by atoms with Gasteiger partial charge in [0.25, 0.3) is 0 Å². The summed E-state index contributed by atoms with van der Waals surface area (Å²) in [5, 5.41) is 0. The molecule has 0 saturated heterocycles. The van der Waals surface area contributed by atoms with E-state index in [9.17, 15) is 0 Å². The summed E-state index contributed by atoms with van der Waals surface area (Å²) in [6, 6.07) is 12.7. The smallest absolute Gasteiger partial charge is 0.0713 e. The van der Waals surface area contributed by atoms with Crippen molar-refractivity contribution in [1.82, 2.24) is 4.68 Å². The van der Waals surface area contributed by atoms with E-state index >= 15 is 0 Å². The largest absolute Gasteiger partial charge is 0.380 e. The van der Waals surface area contributed by atoms with Gasteiger partial charge in [0.2, 0.25) is 0 Å². The van der Waals surface area contributed by atoms with Gasteiger partial charge in [0, 0.05) is 18.5 Å². The lowest BCUT2D eigenvalue weighted by molar-refractivity contribution is 0.185. The predicted molar refractivity (Wildman–Crippen MR) is 74.1 cm³/mol. The van der Waals surface area contributed by atoms with Gasteiger partial charge in [-0.3, -0.25) is 4.68 Å². The zero-order valence-corrected chi connectivity index (χ0v) is 11.2. The molecule has 3 nitrogen and oxygen atoms in total. The second-order valence-electron chi connectivity index (χ2n) is 4.54. The molecule has 0 fully saturated rings. The van der Waals surface area contributed by atoms with Gasteiger partial charge >= 0.3 is 0 Å². The summed E-state index contributed by atoms with van der Waals surface area (Å²) < 4.78 is 7.26. The van der Waals surface area contributed by atoms with Crippen LogP contribution in [0.5, 0.6) is 0 Å². The van der Waals surface area contributed by atoms with E-state index < -0.39 is 0 Å². The second-order valence-corrected chi connectivity index (χ2v) is 4.54. The Morgan fingerprint density at radius 3 is 2.39 bits per heavy atom. The van der Waals surface area contributed by atoms with Crippen molar-refractivity contribution in [2.75, 3.05) is 12.5 Å². The van der Waals surface area contributed by atoms with Crippen molar-refractivity contribution in [1.29, 1.82) is 0 Å². The van der Waals surface area contributed by atoms with E-state index in [2.05, 4.69) is 60.3 Å². The minimum Gasteiger partial charge on any atom is -0.380 e. The number of ether oxygens (including phenoxy) is 1. The van der Waals surface area contributed by atoms with Crippen LogP contribution in [-0.2, 0) is 17.9 Å². The van der Waals surface area contributed by atoms with Gasteiger partial charge in [0.15, 0.2) is 0 Å². The molecule has 0 unspecified atom stereocenters. The molecule has 3 heteroatoms. The molecule has 2 aromatic rings. The van der Waals surface area contributed by atoms with E-state index in [0.29, 0.717) is 6.61 Å². The fourth-order valence-electron chi connectivity index (χ4n) is 2.08. The summed E-state index contributed by atoms with van der Waals surface area (Å²) in [5.74, 6) is 0. The van der Waals surface area contributed by atoms with Crippen LogP contribution in [0.4, 0.5) is 0 Å². The van der Waals surface area contributed by atoms with Crippen LogP contribution in [0.25, 0.3) is 0 Å². The fraction of sp³-hybridized carbons (Fsp3) is 0.333. The normalized spacial score (nSPS) is 10.6. The molecule has 0 spiro atoms. The second kappa shape index (κ2) is 5.74. The first-order chi connectivity index (χ1) is 8.70. The summed E-state index contributed by atoms with van der Waals surface area (Å²) in [4.78, 5) is 0. The molecule has 0 radical (unpaired) electrons. The molecular weight excluding hydrogens is 224 g/mol. The van der Waals surface area contributed by atoms with Crippen molar-refractivity contribution in [3.8, 4) is 0 Å². The number of aromatic nitrogens is 1. The van der Waals surface area contributed by atoms with Crippen molar-refractivity contribution >= 4 is 0 Å². The number of hydrogen-bond donors (Lipinski definition) is 1. The van der Waals surface area contributed by atoms with Gasteiger partial charge in [0.05, 0.1) is 13.2 Å². The lowest BCUT2D eigenvalue weighted by Crippen LogP contribution is -2.16. The summed E-state index contributed by atoms with van der Waals surface area (Å²) in [6.45, 7) is 5.67. The van der Waals surface area contributed by atoms with Gasteiger partial charge in [-0.05, 0) is 37.1 Å². The molecule has 0 aliphatic rings. The number of benzene rings is 1. The third-order valence-electron chi connectivity index (χ3n) is 3.01. The molecular formula is C15H20N2O. The van der Waals surface area contributed by atoms with E-state index in [0.717, 1.165) is 6.54 Å². The molecule has 0 amide bonds. The number of methoxy groups -OCH3 is 1. The molecule has 96 valence electrons. The Kier molecular flexibility index (Phi) is 4.05. The van der Waals surface area contributed by atoms with E-state index in [1.807, 2.05) is 0 Å². The Hall–Kier alpha value is -1.74. The fourth-order valence-corrected chi connectivity index (χ4v) is 2.08. The lowest BCUT2D eigenvalue weighted by atomic mass is 10.1. The van der Waals surface area contributed by atoms with Crippen LogP contribution in [0.3, 0.4) is 0 Å². The lowest BCUT2D eigenvalue weighted by Gasteiger charge is -2.13. The summed E-state index contributed by atoms with van der Waals surface area (Å²) >= 11 is 0. The molecule has 0 aliphatic carbocycles. The van der Waals surface area contributed by atoms with Gasteiger partial charge in [-0.1, -0.05) is 24.3 Å². The van der Waals surface area contributed by atoms with Crippen molar-refractivity contribution < 1.29 is 4.74 Å². The first-order valence-corrected chi connectivity index (χ1v) is 6.16. The molecule has 0 atom stereocenters. The molecule has 0 saturated carbocycles. The first-order valence-electron chi connectivity index (χ1n) is 6.16. The maximum absolute atomic E-state index is 5.15. The standard InChI is InChI=1S/C15H20N2O/c1-12-7-8-13(2)17(12)16-10-14-5-4-6-15(9-14)11-18-3/h4-9,16H,10-11H2,1-3H3.